The molecule has 0 atom stereocenters. The highest BCUT2D eigenvalue weighted by atomic mass is 19.4. The molecule has 1 nitrogen and oxygen atoms in total. The number of rotatable bonds is 1. The second-order valence-corrected chi connectivity index (χ2v) is 6.32. The predicted octanol–water partition coefficient (Wildman–Crippen LogP) is 6.46. The van der Waals surface area contributed by atoms with Gasteiger partial charge in [0.1, 0.15) is 5.82 Å². The predicted molar refractivity (Wildman–Crippen MR) is 105 cm³/mol. The maximum atomic E-state index is 14.7. The fourth-order valence-corrected chi connectivity index (χ4v) is 3.15. The quantitative estimate of drug-likeness (QED) is 0.268. The SMILES string of the molecule is Fc1cccc2nc(C(F)(F)F)c(C#Cc3ccccc3)c(-c3ccccc3)c12. The van der Waals surface area contributed by atoms with Gasteiger partial charge in [-0.2, -0.15) is 13.2 Å². The molecule has 4 aromatic rings. The highest BCUT2D eigenvalue weighted by molar-refractivity contribution is 5.98. The van der Waals surface area contributed by atoms with Crippen LogP contribution in [0.5, 0.6) is 0 Å². The van der Waals surface area contributed by atoms with Crippen LogP contribution in [0.25, 0.3) is 22.0 Å². The molecule has 0 unspecified atom stereocenters. The molecule has 29 heavy (non-hydrogen) atoms. The van der Waals surface area contributed by atoms with Crippen molar-refractivity contribution >= 4 is 10.9 Å². The third-order valence-electron chi connectivity index (χ3n) is 4.40. The van der Waals surface area contributed by atoms with Gasteiger partial charge in [-0.05, 0) is 29.8 Å². The molecule has 142 valence electrons. The Morgan fingerprint density at radius 1 is 0.724 bits per heavy atom. The van der Waals surface area contributed by atoms with E-state index in [4.69, 9.17) is 0 Å². The number of fused-ring (bicyclic) bond motifs is 1. The van der Waals surface area contributed by atoms with Gasteiger partial charge in [-0.3, -0.25) is 0 Å². The van der Waals surface area contributed by atoms with Gasteiger partial charge < -0.3 is 0 Å². The molecule has 0 spiro atoms. The molecule has 1 heterocycles. The van der Waals surface area contributed by atoms with E-state index >= 15 is 0 Å². The Balaban J connectivity index is 2.14. The summed E-state index contributed by atoms with van der Waals surface area (Å²) in [5.41, 5.74) is -0.463. The summed E-state index contributed by atoms with van der Waals surface area (Å²) in [6.07, 6.45) is -4.75. The van der Waals surface area contributed by atoms with E-state index in [2.05, 4.69) is 16.8 Å². The molecule has 0 fully saturated rings. The first-order chi connectivity index (χ1) is 13.9. The summed E-state index contributed by atoms with van der Waals surface area (Å²) in [4.78, 5) is 3.74. The van der Waals surface area contributed by atoms with Crippen molar-refractivity contribution in [2.45, 2.75) is 6.18 Å². The van der Waals surface area contributed by atoms with Gasteiger partial charge in [0.05, 0.1) is 11.1 Å². The largest absolute Gasteiger partial charge is 0.434 e. The topological polar surface area (TPSA) is 12.9 Å². The highest BCUT2D eigenvalue weighted by Gasteiger charge is 2.37. The van der Waals surface area contributed by atoms with Crippen LogP contribution in [0.4, 0.5) is 17.6 Å². The second-order valence-electron chi connectivity index (χ2n) is 6.32. The van der Waals surface area contributed by atoms with Crippen LogP contribution in [0.15, 0.2) is 78.9 Å². The van der Waals surface area contributed by atoms with Gasteiger partial charge in [0.25, 0.3) is 0 Å². The normalized spacial score (nSPS) is 11.2. The Bertz CT molecular complexity index is 1230. The van der Waals surface area contributed by atoms with E-state index in [0.717, 1.165) is 0 Å². The first kappa shape index (κ1) is 18.7. The van der Waals surface area contributed by atoms with Gasteiger partial charge in [-0.1, -0.05) is 66.4 Å². The first-order valence-electron chi connectivity index (χ1n) is 8.77. The van der Waals surface area contributed by atoms with E-state index in [0.29, 0.717) is 11.1 Å². The number of nitrogens with zero attached hydrogens (tertiary/aromatic N) is 1. The second kappa shape index (κ2) is 7.40. The van der Waals surface area contributed by atoms with Crippen LogP contribution in [0.2, 0.25) is 0 Å². The Hall–Kier alpha value is -3.65. The molecule has 0 amide bonds. The summed E-state index contributed by atoms with van der Waals surface area (Å²) in [5, 5.41) is 0.0176. The zero-order valence-corrected chi connectivity index (χ0v) is 15.0. The molecule has 0 saturated heterocycles. The Morgan fingerprint density at radius 3 is 2.03 bits per heavy atom. The molecule has 0 aliphatic heterocycles. The van der Waals surface area contributed by atoms with E-state index in [9.17, 15) is 17.6 Å². The van der Waals surface area contributed by atoms with Gasteiger partial charge in [0.15, 0.2) is 5.69 Å². The summed E-state index contributed by atoms with van der Waals surface area (Å²) in [5.74, 6) is 4.73. The molecule has 0 aliphatic carbocycles. The summed E-state index contributed by atoms with van der Waals surface area (Å²) in [7, 11) is 0. The fraction of sp³-hybridized carbons (Fsp3) is 0.0417. The van der Waals surface area contributed by atoms with Crippen molar-refractivity contribution in [3.63, 3.8) is 0 Å². The van der Waals surface area contributed by atoms with Crippen molar-refractivity contribution in [2.24, 2.45) is 0 Å². The number of pyridine rings is 1. The molecule has 0 N–H and O–H groups in total. The van der Waals surface area contributed by atoms with Crippen molar-refractivity contribution in [3.8, 4) is 23.0 Å². The summed E-state index contributed by atoms with van der Waals surface area (Å²) in [6.45, 7) is 0. The van der Waals surface area contributed by atoms with Gasteiger partial charge in [0, 0.05) is 16.5 Å². The number of alkyl halides is 3. The number of hydrogen-bond donors (Lipinski definition) is 0. The molecule has 0 saturated carbocycles. The zero-order chi connectivity index (χ0) is 20.4. The molecule has 0 bridgehead atoms. The van der Waals surface area contributed by atoms with Gasteiger partial charge in [0.2, 0.25) is 0 Å². The summed E-state index contributed by atoms with van der Waals surface area (Å²) < 4.78 is 56.4. The van der Waals surface area contributed by atoms with Crippen LogP contribution in [0.1, 0.15) is 16.8 Å². The van der Waals surface area contributed by atoms with E-state index in [1.165, 1.54) is 18.2 Å². The number of benzene rings is 3. The minimum Gasteiger partial charge on any atom is -0.242 e. The van der Waals surface area contributed by atoms with E-state index in [-0.39, 0.29) is 22.0 Å². The molecule has 1 aromatic heterocycles. The van der Waals surface area contributed by atoms with Crippen molar-refractivity contribution in [1.29, 1.82) is 0 Å². The molecular weight excluding hydrogens is 378 g/mol. The zero-order valence-electron chi connectivity index (χ0n) is 15.0. The smallest absolute Gasteiger partial charge is 0.242 e. The summed E-state index contributed by atoms with van der Waals surface area (Å²) >= 11 is 0. The Kier molecular flexibility index (Phi) is 4.77. The van der Waals surface area contributed by atoms with Crippen LogP contribution < -0.4 is 0 Å². The van der Waals surface area contributed by atoms with Gasteiger partial charge in [-0.15, -0.1) is 0 Å². The van der Waals surface area contributed by atoms with Gasteiger partial charge >= 0.3 is 6.18 Å². The average molecular weight is 391 g/mol. The molecule has 4 rings (SSSR count). The lowest BCUT2D eigenvalue weighted by Crippen LogP contribution is -2.13. The van der Waals surface area contributed by atoms with Crippen LogP contribution in [0, 0.1) is 17.7 Å². The minimum atomic E-state index is -4.75. The van der Waals surface area contributed by atoms with Crippen LogP contribution >= 0.6 is 0 Å². The van der Waals surface area contributed by atoms with Crippen LogP contribution in [-0.4, -0.2) is 4.98 Å². The lowest BCUT2D eigenvalue weighted by Gasteiger charge is -2.16. The monoisotopic (exact) mass is 391 g/mol. The van der Waals surface area contributed by atoms with Crippen molar-refractivity contribution in [3.05, 3.63) is 102 Å². The third kappa shape index (κ3) is 3.70. The first-order valence-corrected chi connectivity index (χ1v) is 8.77. The molecule has 3 aromatic carbocycles. The maximum Gasteiger partial charge on any atom is 0.434 e. The standard InChI is InChI=1S/C24H13F4N/c25-19-12-7-13-20-22(19)21(17-10-5-2-6-11-17)18(23(29-20)24(26,27)28)15-14-16-8-3-1-4-9-16/h1-13H. The van der Waals surface area contributed by atoms with E-state index in [1.54, 1.807) is 60.7 Å². The van der Waals surface area contributed by atoms with Crippen molar-refractivity contribution < 1.29 is 17.6 Å². The van der Waals surface area contributed by atoms with Crippen molar-refractivity contribution in [2.75, 3.05) is 0 Å². The Labute approximate surface area is 164 Å². The van der Waals surface area contributed by atoms with E-state index < -0.39 is 17.7 Å². The Morgan fingerprint density at radius 2 is 1.38 bits per heavy atom. The van der Waals surface area contributed by atoms with Crippen LogP contribution in [-0.2, 0) is 6.18 Å². The lowest BCUT2D eigenvalue weighted by atomic mass is 9.93. The minimum absolute atomic E-state index is 0.0176. The fourth-order valence-electron chi connectivity index (χ4n) is 3.15. The highest BCUT2D eigenvalue weighted by Crippen LogP contribution is 2.40. The average Bonchev–Trinajstić information content (AvgIpc) is 2.72. The molecule has 0 aliphatic rings. The van der Waals surface area contributed by atoms with Gasteiger partial charge in [-0.25, -0.2) is 9.37 Å². The molecular formula is C24H13F4N. The lowest BCUT2D eigenvalue weighted by molar-refractivity contribution is -0.141. The van der Waals surface area contributed by atoms with Crippen molar-refractivity contribution in [1.82, 2.24) is 4.98 Å². The third-order valence-corrected chi connectivity index (χ3v) is 4.40. The molecule has 5 heteroatoms. The molecule has 0 radical (unpaired) electrons. The summed E-state index contributed by atoms with van der Waals surface area (Å²) in [6, 6.07) is 20.9. The number of halogens is 4. The van der Waals surface area contributed by atoms with E-state index in [1.807, 2.05) is 0 Å². The number of aromatic nitrogens is 1. The maximum absolute atomic E-state index is 14.7. The number of hydrogen-bond acceptors (Lipinski definition) is 1. The van der Waals surface area contributed by atoms with Crippen LogP contribution in [0.3, 0.4) is 0 Å².